The van der Waals surface area contributed by atoms with E-state index in [0.717, 1.165) is 5.56 Å². The zero-order chi connectivity index (χ0) is 20.7. The summed E-state index contributed by atoms with van der Waals surface area (Å²) in [6, 6.07) is 7.00. The van der Waals surface area contributed by atoms with E-state index in [2.05, 4.69) is 43.0 Å². The quantitative estimate of drug-likeness (QED) is 0.546. The van der Waals surface area contributed by atoms with Gasteiger partial charge in [-0.2, -0.15) is 0 Å². The normalized spacial score (nSPS) is 10.8. The summed E-state index contributed by atoms with van der Waals surface area (Å²) >= 11 is 1.24. The number of imide groups is 1. The van der Waals surface area contributed by atoms with E-state index in [1.165, 1.54) is 16.7 Å². The Morgan fingerprint density at radius 3 is 2.50 bits per heavy atom. The molecule has 0 spiro atoms. The third-order valence-electron chi connectivity index (χ3n) is 3.71. The van der Waals surface area contributed by atoms with Crippen LogP contribution in [0.5, 0.6) is 0 Å². The lowest BCUT2D eigenvalue weighted by Gasteiger charge is -2.18. The van der Waals surface area contributed by atoms with Crippen LogP contribution >= 0.6 is 11.3 Å². The van der Waals surface area contributed by atoms with Gasteiger partial charge < -0.3 is 10.1 Å². The third-order valence-corrected chi connectivity index (χ3v) is 4.51. The van der Waals surface area contributed by atoms with Gasteiger partial charge in [0.2, 0.25) is 0 Å². The average Bonchev–Trinajstić information content (AvgIpc) is 3.13. The van der Waals surface area contributed by atoms with Crippen molar-refractivity contribution in [2.45, 2.75) is 26.2 Å². The summed E-state index contributed by atoms with van der Waals surface area (Å²) in [6.07, 6.45) is 1.66. The highest BCUT2D eigenvalue weighted by Gasteiger charge is 2.17. The molecule has 8 heteroatoms. The average molecular weight is 401 g/mol. The van der Waals surface area contributed by atoms with E-state index in [-0.39, 0.29) is 11.1 Å². The molecular weight excluding hydrogens is 378 g/mol. The fourth-order valence-corrected chi connectivity index (χ4v) is 2.86. The molecule has 0 atom stereocenters. The standard InChI is InChI=1S/C20H23N3O4S/c1-5-10-21-19-22-15(12-28-19)18(26)27-11-16(24)23-17(25)13-6-8-14(9-7-13)20(2,3)4/h5-9,12H,1,10-11H2,2-4H3,(H,21,22)(H,23,24,25). The minimum absolute atomic E-state index is 0.0320. The van der Waals surface area contributed by atoms with E-state index >= 15 is 0 Å². The molecule has 1 heterocycles. The molecule has 28 heavy (non-hydrogen) atoms. The van der Waals surface area contributed by atoms with Crippen molar-refractivity contribution >= 4 is 34.3 Å². The van der Waals surface area contributed by atoms with Crippen molar-refractivity contribution in [1.29, 1.82) is 0 Å². The maximum atomic E-state index is 12.1. The van der Waals surface area contributed by atoms with Crippen molar-refractivity contribution in [3.63, 3.8) is 0 Å². The molecule has 2 N–H and O–H groups in total. The van der Waals surface area contributed by atoms with E-state index in [4.69, 9.17) is 4.74 Å². The number of anilines is 1. The van der Waals surface area contributed by atoms with Crippen LogP contribution in [0.25, 0.3) is 0 Å². The largest absolute Gasteiger partial charge is 0.451 e. The second-order valence-corrected chi connectivity index (χ2v) is 7.85. The highest BCUT2D eigenvalue weighted by atomic mass is 32.1. The number of thiazole rings is 1. The summed E-state index contributed by atoms with van der Waals surface area (Å²) in [6.45, 7) is 9.73. The topological polar surface area (TPSA) is 97.4 Å². The molecular formula is C20H23N3O4S. The Bertz CT molecular complexity index is 866. The zero-order valence-electron chi connectivity index (χ0n) is 16.1. The molecule has 1 aromatic carbocycles. The summed E-state index contributed by atoms with van der Waals surface area (Å²) in [5.74, 6) is -2.00. The first-order valence-electron chi connectivity index (χ1n) is 8.63. The number of nitrogens with zero attached hydrogens (tertiary/aromatic N) is 1. The Morgan fingerprint density at radius 1 is 1.21 bits per heavy atom. The number of esters is 1. The maximum Gasteiger partial charge on any atom is 0.358 e. The number of amides is 2. The predicted octanol–water partition coefficient (Wildman–Crippen LogP) is 3.15. The van der Waals surface area contributed by atoms with Crippen LogP contribution in [-0.2, 0) is 14.9 Å². The molecule has 2 rings (SSSR count). The van der Waals surface area contributed by atoms with Crippen LogP contribution in [0.1, 0.15) is 47.2 Å². The minimum Gasteiger partial charge on any atom is -0.451 e. The second kappa shape index (κ2) is 9.27. The Balaban J connectivity index is 1.84. The smallest absolute Gasteiger partial charge is 0.358 e. The molecule has 148 valence electrons. The molecule has 0 fully saturated rings. The van der Waals surface area contributed by atoms with Gasteiger partial charge in [-0.3, -0.25) is 14.9 Å². The molecule has 0 saturated carbocycles. The lowest BCUT2D eigenvalue weighted by molar-refractivity contribution is -0.123. The second-order valence-electron chi connectivity index (χ2n) is 6.99. The van der Waals surface area contributed by atoms with Crippen LogP contribution in [0.15, 0.2) is 42.3 Å². The van der Waals surface area contributed by atoms with E-state index < -0.39 is 24.4 Å². The minimum atomic E-state index is -0.736. The Morgan fingerprint density at radius 2 is 1.89 bits per heavy atom. The zero-order valence-corrected chi connectivity index (χ0v) is 16.9. The van der Waals surface area contributed by atoms with Crippen LogP contribution in [0.3, 0.4) is 0 Å². The van der Waals surface area contributed by atoms with Crippen LogP contribution in [-0.4, -0.2) is 35.9 Å². The summed E-state index contributed by atoms with van der Waals surface area (Å²) in [5.41, 5.74) is 1.49. The summed E-state index contributed by atoms with van der Waals surface area (Å²) in [5, 5.41) is 7.22. The van der Waals surface area contributed by atoms with Gasteiger partial charge in [0.15, 0.2) is 17.4 Å². The van der Waals surface area contributed by atoms with Crippen molar-refractivity contribution in [2.24, 2.45) is 0 Å². The molecule has 1 aromatic heterocycles. The fraction of sp³-hybridized carbons (Fsp3) is 0.300. The lowest BCUT2D eigenvalue weighted by Crippen LogP contribution is -2.34. The Kier molecular flexibility index (Phi) is 7.06. The van der Waals surface area contributed by atoms with E-state index in [1.807, 2.05) is 12.1 Å². The van der Waals surface area contributed by atoms with Gasteiger partial charge in [-0.15, -0.1) is 17.9 Å². The SMILES string of the molecule is C=CCNc1nc(C(=O)OCC(=O)NC(=O)c2ccc(C(C)(C)C)cc2)cs1. The lowest BCUT2D eigenvalue weighted by atomic mass is 9.87. The first kappa shape index (κ1) is 21.3. The van der Waals surface area contributed by atoms with Crippen molar-refractivity contribution < 1.29 is 19.1 Å². The number of carbonyl (C=O) groups excluding carboxylic acids is 3. The summed E-state index contributed by atoms with van der Waals surface area (Å²) in [7, 11) is 0. The van der Waals surface area contributed by atoms with Crippen molar-refractivity contribution in [2.75, 3.05) is 18.5 Å². The van der Waals surface area contributed by atoms with Gasteiger partial charge in [-0.05, 0) is 23.1 Å². The van der Waals surface area contributed by atoms with Crippen LogP contribution in [0, 0.1) is 0 Å². The van der Waals surface area contributed by atoms with Crippen LogP contribution < -0.4 is 10.6 Å². The van der Waals surface area contributed by atoms with Gasteiger partial charge in [0.05, 0.1) is 0 Å². The molecule has 7 nitrogen and oxygen atoms in total. The fourth-order valence-electron chi connectivity index (χ4n) is 2.17. The van der Waals surface area contributed by atoms with Crippen molar-refractivity contribution in [1.82, 2.24) is 10.3 Å². The van der Waals surface area contributed by atoms with E-state index in [9.17, 15) is 14.4 Å². The van der Waals surface area contributed by atoms with Crippen LogP contribution in [0.4, 0.5) is 5.13 Å². The molecule has 0 radical (unpaired) electrons. The predicted molar refractivity (Wildman–Crippen MR) is 109 cm³/mol. The number of carbonyl (C=O) groups is 3. The third kappa shape index (κ3) is 6.02. The van der Waals surface area contributed by atoms with Gasteiger partial charge in [-0.25, -0.2) is 9.78 Å². The van der Waals surface area contributed by atoms with Gasteiger partial charge in [0.1, 0.15) is 0 Å². The number of nitrogens with one attached hydrogen (secondary N) is 2. The number of hydrogen-bond donors (Lipinski definition) is 2. The van der Waals surface area contributed by atoms with E-state index in [1.54, 1.807) is 18.2 Å². The molecule has 0 aliphatic rings. The maximum absolute atomic E-state index is 12.1. The highest BCUT2D eigenvalue weighted by Crippen LogP contribution is 2.22. The monoisotopic (exact) mass is 401 g/mol. The number of aromatic nitrogens is 1. The van der Waals surface area contributed by atoms with Crippen molar-refractivity contribution in [3.8, 4) is 0 Å². The molecule has 0 bridgehead atoms. The Hall–Kier alpha value is -3.00. The van der Waals surface area contributed by atoms with Crippen LogP contribution in [0.2, 0.25) is 0 Å². The Labute approximate surface area is 167 Å². The number of benzene rings is 1. The molecule has 2 aromatic rings. The molecule has 0 saturated heterocycles. The van der Waals surface area contributed by atoms with Crippen molar-refractivity contribution in [3.05, 3.63) is 59.1 Å². The van der Waals surface area contributed by atoms with Gasteiger partial charge >= 0.3 is 5.97 Å². The summed E-state index contributed by atoms with van der Waals surface area (Å²) in [4.78, 5) is 40.0. The van der Waals surface area contributed by atoms with Gasteiger partial charge in [-0.1, -0.05) is 39.0 Å². The molecule has 0 aliphatic carbocycles. The highest BCUT2D eigenvalue weighted by molar-refractivity contribution is 7.13. The molecule has 2 amide bonds. The number of hydrogen-bond acceptors (Lipinski definition) is 7. The number of rotatable bonds is 7. The summed E-state index contributed by atoms with van der Waals surface area (Å²) < 4.78 is 4.90. The molecule has 0 aliphatic heterocycles. The first-order valence-corrected chi connectivity index (χ1v) is 9.51. The van der Waals surface area contributed by atoms with Gasteiger partial charge in [0, 0.05) is 17.5 Å². The number of ether oxygens (including phenoxy) is 1. The van der Waals surface area contributed by atoms with E-state index in [0.29, 0.717) is 17.2 Å². The van der Waals surface area contributed by atoms with Gasteiger partial charge in [0.25, 0.3) is 11.8 Å². The molecule has 0 unspecified atom stereocenters. The first-order chi connectivity index (χ1) is 13.2.